The molecule has 0 amide bonds. The van der Waals surface area contributed by atoms with Crippen LogP contribution in [0.25, 0.3) is 0 Å². The minimum atomic E-state index is -0.639. The van der Waals surface area contributed by atoms with Crippen LogP contribution in [0.1, 0.15) is 39.5 Å². The lowest BCUT2D eigenvalue weighted by Gasteiger charge is -2.26. The van der Waals surface area contributed by atoms with Crippen LogP contribution in [0.15, 0.2) is 12.7 Å². The molecule has 1 rings (SSSR count). The fourth-order valence-corrected chi connectivity index (χ4v) is 2.16. The highest BCUT2D eigenvalue weighted by atomic mass is 16.7. The van der Waals surface area contributed by atoms with Crippen molar-refractivity contribution in [1.82, 2.24) is 0 Å². The molecule has 0 bridgehead atoms. The Labute approximate surface area is 125 Å². The summed E-state index contributed by atoms with van der Waals surface area (Å²) in [5, 5.41) is 0. The Morgan fingerprint density at radius 3 is 2.38 bits per heavy atom. The van der Waals surface area contributed by atoms with Crippen LogP contribution >= 0.6 is 0 Å². The molecule has 0 saturated carbocycles. The van der Waals surface area contributed by atoms with Crippen LogP contribution in [0.3, 0.4) is 0 Å². The summed E-state index contributed by atoms with van der Waals surface area (Å²) < 4.78 is 21.2. The van der Waals surface area contributed by atoms with Crippen molar-refractivity contribution in [2.75, 3.05) is 13.2 Å². The smallest absolute Gasteiger partial charge is 0.303 e. The Morgan fingerprint density at radius 1 is 1.24 bits per heavy atom. The summed E-state index contributed by atoms with van der Waals surface area (Å²) in [6.45, 7) is 7.68. The van der Waals surface area contributed by atoms with E-state index in [4.69, 9.17) is 18.9 Å². The molecule has 0 aromatic heterocycles. The molecule has 1 saturated heterocycles. The van der Waals surface area contributed by atoms with Gasteiger partial charge in [0.2, 0.25) is 0 Å². The van der Waals surface area contributed by atoms with Gasteiger partial charge in [-0.2, -0.15) is 0 Å². The first kappa shape index (κ1) is 17.7. The summed E-state index contributed by atoms with van der Waals surface area (Å²) in [7, 11) is 0. The van der Waals surface area contributed by atoms with Gasteiger partial charge in [0.1, 0.15) is 6.10 Å². The predicted molar refractivity (Wildman–Crippen MR) is 75.5 cm³/mol. The molecule has 1 aliphatic rings. The molecule has 120 valence electrons. The van der Waals surface area contributed by atoms with Gasteiger partial charge in [0.05, 0.1) is 13.2 Å². The van der Waals surface area contributed by atoms with E-state index in [1.54, 1.807) is 0 Å². The third-order valence-electron chi connectivity index (χ3n) is 3.04. The Bertz CT molecular complexity index is 348. The Morgan fingerprint density at radius 2 is 1.86 bits per heavy atom. The Hall–Kier alpha value is -1.40. The maximum absolute atomic E-state index is 11.2. The highest BCUT2D eigenvalue weighted by Crippen LogP contribution is 2.17. The van der Waals surface area contributed by atoms with Crippen LogP contribution in [-0.2, 0) is 28.5 Å². The standard InChI is InChI=1S/C15H24O6/c1-4-13(20-11(2)16)14(21-12(3)17)7-5-8-15-18-9-6-10-19-15/h4,13-15H,1,5-10H2,2-3H3/t13-,14+/m1/s1. The summed E-state index contributed by atoms with van der Waals surface area (Å²) in [6, 6.07) is 0. The third-order valence-corrected chi connectivity index (χ3v) is 3.04. The summed E-state index contributed by atoms with van der Waals surface area (Å²) in [6.07, 6.45) is 3.00. The van der Waals surface area contributed by atoms with Gasteiger partial charge in [0, 0.05) is 13.8 Å². The largest absolute Gasteiger partial charge is 0.458 e. The first-order chi connectivity index (χ1) is 10.0. The van der Waals surface area contributed by atoms with E-state index in [9.17, 15) is 9.59 Å². The van der Waals surface area contributed by atoms with E-state index < -0.39 is 24.1 Å². The van der Waals surface area contributed by atoms with Gasteiger partial charge in [0.15, 0.2) is 12.4 Å². The average molecular weight is 300 g/mol. The SMILES string of the molecule is C=C[C@@H](OC(C)=O)[C@H](CCCC1OCCCO1)OC(C)=O. The second-order valence-corrected chi connectivity index (χ2v) is 4.91. The van der Waals surface area contributed by atoms with E-state index >= 15 is 0 Å². The van der Waals surface area contributed by atoms with Crippen LogP contribution in [-0.4, -0.2) is 43.7 Å². The molecule has 0 unspecified atom stereocenters. The molecule has 0 N–H and O–H groups in total. The monoisotopic (exact) mass is 300 g/mol. The van der Waals surface area contributed by atoms with Crippen LogP contribution in [0.2, 0.25) is 0 Å². The van der Waals surface area contributed by atoms with E-state index in [2.05, 4.69) is 6.58 Å². The molecule has 1 heterocycles. The zero-order valence-corrected chi connectivity index (χ0v) is 12.7. The number of hydrogen-bond donors (Lipinski definition) is 0. The van der Waals surface area contributed by atoms with Crippen LogP contribution < -0.4 is 0 Å². The summed E-state index contributed by atoms with van der Waals surface area (Å²) in [5.41, 5.74) is 0. The molecule has 0 aliphatic carbocycles. The highest BCUT2D eigenvalue weighted by molar-refractivity contribution is 5.67. The predicted octanol–water partition coefficient (Wildman–Crippen LogP) is 1.97. The second kappa shape index (κ2) is 9.52. The van der Waals surface area contributed by atoms with Crippen molar-refractivity contribution in [2.45, 2.75) is 58.0 Å². The van der Waals surface area contributed by atoms with Gasteiger partial charge in [-0.05, 0) is 31.8 Å². The fraction of sp³-hybridized carbons (Fsp3) is 0.733. The maximum atomic E-state index is 11.2. The number of carbonyl (C=O) groups is 2. The Balaban J connectivity index is 2.45. The lowest BCUT2D eigenvalue weighted by molar-refractivity contribution is -0.183. The minimum absolute atomic E-state index is 0.201. The van der Waals surface area contributed by atoms with Crippen molar-refractivity contribution in [2.24, 2.45) is 0 Å². The lowest BCUT2D eigenvalue weighted by Crippen LogP contribution is -2.33. The molecule has 0 aromatic rings. The second-order valence-electron chi connectivity index (χ2n) is 4.91. The normalized spacial score (nSPS) is 18.6. The molecule has 1 aliphatic heterocycles. The zero-order valence-electron chi connectivity index (χ0n) is 12.7. The molecule has 6 nitrogen and oxygen atoms in total. The molecule has 0 radical (unpaired) electrons. The van der Waals surface area contributed by atoms with Gasteiger partial charge in [0.25, 0.3) is 0 Å². The van der Waals surface area contributed by atoms with Gasteiger partial charge >= 0.3 is 11.9 Å². The summed E-state index contributed by atoms with van der Waals surface area (Å²) >= 11 is 0. The quantitative estimate of drug-likeness (QED) is 0.504. The van der Waals surface area contributed by atoms with E-state index in [0.717, 1.165) is 12.8 Å². The summed E-state index contributed by atoms with van der Waals surface area (Å²) in [5.74, 6) is -0.847. The lowest BCUT2D eigenvalue weighted by atomic mass is 10.1. The van der Waals surface area contributed by atoms with Crippen LogP contribution in [0.5, 0.6) is 0 Å². The summed E-state index contributed by atoms with van der Waals surface area (Å²) in [4.78, 5) is 22.3. The van der Waals surface area contributed by atoms with Crippen molar-refractivity contribution in [3.8, 4) is 0 Å². The Kier molecular flexibility index (Phi) is 8.00. The van der Waals surface area contributed by atoms with Crippen molar-refractivity contribution in [1.29, 1.82) is 0 Å². The fourth-order valence-electron chi connectivity index (χ4n) is 2.16. The van der Waals surface area contributed by atoms with E-state index in [1.165, 1.54) is 19.9 Å². The van der Waals surface area contributed by atoms with Crippen LogP contribution in [0, 0.1) is 0 Å². The van der Waals surface area contributed by atoms with E-state index in [1.807, 2.05) is 0 Å². The number of esters is 2. The average Bonchev–Trinajstić information content (AvgIpc) is 2.44. The first-order valence-corrected chi connectivity index (χ1v) is 7.23. The topological polar surface area (TPSA) is 71.1 Å². The van der Waals surface area contributed by atoms with Gasteiger partial charge in [-0.3, -0.25) is 9.59 Å². The van der Waals surface area contributed by atoms with Gasteiger partial charge in [-0.15, -0.1) is 0 Å². The number of carbonyl (C=O) groups excluding carboxylic acids is 2. The molecule has 1 fully saturated rings. The first-order valence-electron chi connectivity index (χ1n) is 7.23. The molecular weight excluding hydrogens is 276 g/mol. The highest BCUT2D eigenvalue weighted by Gasteiger charge is 2.25. The molecule has 2 atom stereocenters. The van der Waals surface area contributed by atoms with Crippen molar-refractivity contribution in [3.63, 3.8) is 0 Å². The van der Waals surface area contributed by atoms with Crippen molar-refractivity contribution >= 4 is 11.9 Å². The van der Waals surface area contributed by atoms with Crippen molar-refractivity contribution in [3.05, 3.63) is 12.7 Å². The molecular formula is C15H24O6. The zero-order chi connectivity index (χ0) is 15.7. The van der Waals surface area contributed by atoms with Crippen LogP contribution in [0.4, 0.5) is 0 Å². The third kappa shape index (κ3) is 7.24. The van der Waals surface area contributed by atoms with Crippen molar-refractivity contribution < 1.29 is 28.5 Å². The van der Waals surface area contributed by atoms with Gasteiger partial charge in [-0.1, -0.05) is 6.58 Å². The molecule has 0 aromatic carbocycles. The minimum Gasteiger partial charge on any atom is -0.458 e. The number of hydrogen-bond acceptors (Lipinski definition) is 6. The number of ether oxygens (including phenoxy) is 4. The van der Waals surface area contributed by atoms with Gasteiger partial charge in [-0.25, -0.2) is 0 Å². The molecule has 21 heavy (non-hydrogen) atoms. The van der Waals surface area contributed by atoms with Gasteiger partial charge < -0.3 is 18.9 Å². The molecule has 0 spiro atoms. The molecule has 6 heteroatoms. The van der Waals surface area contributed by atoms with E-state index in [0.29, 0.717) is 26.1 Å². The number of rotatable bonds is 8. The maximum Gasteiger partial charge on any atom is 0.303 e. The van der Waals surface area contributed by atoms with E-state index in [-0.39, 0.29) is 6.29 Å².